The molecule has 0 bridgehead atoms. The van der Waals surface area contributed by atoms with Gasteiger partial charge in [0.2, 0.25) is 0 Å². The average molecular weight is 318 g/mol. The smallest absolute Gasteiger partial charge is 0.274 e. The fourth-order valence-electron chi connectivity index (χ4n) is 2.85. The van der Waals surface area contributed by atoms with Crippen LogP contribution in [0.4, 0.5) is 10.1 Å². The van der Waals surface area contributed by atoms with Crippen molar-refractivity contribution in [1.82, 2.24) is 10.2 Å². The van der Waals surface area contributed by atoms with Crippen LogP contribution in [0.5, 0.6) is 0 Å². The van der Waals surface area contributed by atoms with Crippen LogP contribution in [0.1, 0.15) is 18.4 Å². The summed E-state index contributed by atoms with van der Waals surface area (Å²) in [5.41, 5.74) is 0.460. The maximum absolute atomic E-state index is 13.3. The zero-order valence-electron chi connectivity index (χ0n) is 12.0. The van der Waals surface area contributed by atoms with Gasteiger partial charge in [-0.3, -0.25) is 15.0 Å². The Morgan fingerprint density at radius 2 is 2.29 bits per heavy atom. The van der Waals surface area contributed by atoms with E-state index in [1.54, 1.807) is 0 Å². The maximum atomic E-state index is 13.3. The molecule has 1 aliphatic heterocycles. The fourth-order valence-corrected chi connectivity index (χ4v) is 2.85. The molecule has 1 aliphatic rings. The van der Waals surface area contributed by atoms with Gasteiger partial charge in [-0.05, 0) is 51.0 Å². The van der Waals surface area contributed by atoms with Crippen molar-refractivity contribution in [2.24, 2.45) is 5.92 Å². The van der Waals surface area contributed by atoms with Gasteiger partial charge in [0.1, 0.15) is 5.82 Å². The van der Waals surface area contributed by atoms with E-state index in [2.05, 4.69) is 10.2 Å². The zero-order chi connectivity index (χ0) is 14.5. The number of likely N-dealkylation sites (tertiary alicyclic amines) is 1. The van der Waals surface area contributed by atoms with Gasteiger partial charge in [0.15, 0.2) is 0 Å². The summed E-state index contributed by atoms with van der Waals surface area (Å²) in [7, 11) is 1.93. The number of nitro benzene ring substituents is 1. The highest BCUT2D eigenvalue weighted by Crippen LogP contribution is 2.24. The van der Waals surface area contributed by atoms with E-state index in [0.29, 0.717) is 18.0 Å². The summed E-state index contributed by atoms with van der Waals surface area (Å²) >= 11 is 0. The number of hydrogen-bond donors (Lipinski definition) is 1. The molecule has 1 atom stereocenters. The molecule has 7 heteroatoms. The van der Waals surface area contributed by atoms with Crippen LogP contribution >= 0.6 is 12.4 Å². The highest BCUT2D eigenvalue weighted by atomic mass is 35.5. The molecule has 118 valence electrons. The number of nitrogens with zero attached hydrogens (tertiary/aromatic N) is 2. The minimum atomic E-state index is -0.441. The SMILES string of the molecule is CNCC1CCCN(Cc2cc(F)ccc2[N+](=O)[O-])C1.Cl. The number of piperidine rings is 1. The topological polar surface area (TPSA) is 58.4 Å². The molecule has 1 N–H and O–H groups in total. The second-order valence-electron chi connectivity index (χ2n) is 5.33. The lowest BCUT2D eigenvalue weighted by atomic mass is 9.97. The first-order valence-corrected chi connectivity index (χ1v) is 6.90. The molecule has 0 saturated carbocycles. The first kappa shape index (κ1) is 17.8. The Morgan fingerprint density at radius 3 is 2.95 bits per heavy atom. The summed E-state index contributed by atoms with van der Waals surface area (Å²) < 4.78 is 13.3. The highest BCUT2D eigenvalue weighted by molar-refractivity contribution is 5.85. The van der Waals surface area contributed by atoms with Gasteiger partial charge in [-0.25, -0.2) is 4.39 Å². The minimum absolute atomic E-state index is 0. The number of halogens is 2. The monoisotopic (exact) mass is 317 g/mol. The standard InChI is InChI=1S/C14H20FN3O2.ClH/c1-16-8-11-3-2-6-17(9-11)10-12-7-13(15)4-5-14(12)18(19)20;/h4-5,7,11,16H,2-3,6,8-10H2,1H3;1H. The molecular weight excluding hydrogens is 297 g/mol. The van der Waals surface area contributed by atoms with Crippen LogP contribution in [0, 0.1) is 21.8 Å². The second-order valence-corrected chi connectivity index (χ2v) is 5.33. The van der Waals surface area contributed by atoms with Crippen molar-refractivity contribution < 1.29 is 9.31 Å². The van der Waals surface area contributed by atoms with Crippen LogP contribution in [0.2, 0.25) is 0 Å². The first-order valence-electron chi connectivity index (χ1n) is 6.90. The predicted octanol–water partition coefficient (Wildman–Crippen LogP) is 2.59. The van der Waals surface area contributed by atoms with E-state index in [1.165, 1.54) is 18.6 Å². The van der Waals surface area contributed by atoms with Crippen molar-refractivity contribution in [1.29, 1.82) is 0 Å². The van der Waals surface area contributed by atoms with Crippen molar-refractivity contribution in [2.75, 3.05) is 26.7 Å². The van der Waals surface area contributed by atoms with E-state index in [-0.39, 0.29) is 18.1 Å². The minimum Gasteiger partial charge on any atom is -0.319 e. The molecule has 21 heavy (non-hydrogen) atoms. The van der Waals surface area contributed by atoms with Crippen molar-refractivity contribution in [2.45, 2.75) is 19.4 Å². The molecule has 0 radical (unpaired) electrons. The van der Waals surface area contributed by atoms with Gasteiger partial charge in [0.25, 0.3) is 5.69 Å². The van der Waals surface area contributed by atoms with Gasteiger partial charge in [-0.1, -0.05) is 0 Å². The van der Waals surface area contributed by atoms with Crippen molar-refractivity contribution in [3.8, 4) is 0 Å². The first-order chi connectivity index (χ1) is 9.60. The average Bonchev–Trinajstić information content (AvgIpc) is 2.39. The van der Waals surface area contributed by atoms with Gasteiger partial charge in [0, 0.05) is 24.7 Å². The summed E-state index contributed by atoms with van der Waals surface area (Å²) in [4.78, 5) is 12.7. The second kappa shape index (κ2) is 8.26. The van der Waals surface area contributed by atoms with E-state index >= 15 is 0 Å². The number of nitro groups is 1. The van der Waals surface area contributed by atoms with Crippen LogP contribution in [0.3, 0.4) is 0 Å². The largest absolute Gasteiger partial charge is 0.319 e. The van der Waals surface area contributed by atoms with Gasteiger partial charge >= 0.3 is 0 Å². The van der Waals surface area contributed by atoms with Crippen LogP contribution in [-0.4, -0.2) is 36.5 Å². The molecule has 1 aromatic rings. The van der Waals surface area contributed by atoms with Gasteiger partial charge < -0.3 is 5.32 Å². The Labute approximate surface area is 130 Å². The van der Waals surface area contributed by atoms with Gasteiger partial charge in [-0.2, -0.15) is 0 Å². The molecular formula is C14H21ClFN3O2. The summed E-state index contributed by atoms with van der Waals surface area (Å²) in [6, 6.07) is 3.67. The van der Waals surface area contributed by atoms with Crippen molar-refractivity contribution >= 4 is 18.1 Å². The molecule has 1 saturated heterocycles. The molecule has 1 aromatic carbocycles. The molecule has 0 spiro atoms. The predicted molar refractivity (Wildman–Crippen MR) is 82.2 cm³/mol. The molecule has 1 heterocycles. The third-order valence-electron chi connectivity index (χ3n) is 3.73. The fraction of sp³-hybridized carbons (Fsp3) is 0.571. The van der Waals surface area contributed by atoms with Gasteiger partial charge in [-0.15, -0.1) is 12.4 Å². The quantitative estimate of drug-likeness (QED) is 0.670. The van der Waals surface area contributed by atoms with E-state index in [0.717, 1.165) is 32.1 Å². The van der Waals surface area contributed by atoms with Gasteiger partial charge in [0.05, 0.1) is 4.92 Å². The number of benzene rings is 1. The molecule has 1 unspecified atom stereocenters. The Morgan fingerprint density at radius 1 is 1.52 bits per heavy atom. The Hall–Kier alpha value is -1.24. The van der Waals surface area contributed by atoms with E-state index in [9.17, 15) is 14.5 Å². The lowest BCUT2D eigenvalue weighted by Gasteiger charge is -2.32. The number of rotatable bonds is 5. The Balaban J connectivity index is 0.00000220. The Kier molecular flexibility index (Phi) is 7.01. The third kappa shape index (κ3) is 4.91. The lowest BCUT2D eigenvalue weighted by molar-refractivity contribution is -0.385. The van der Waals surface area contributed by atoms with Crippen LogP contribution in [-0.2, 0) is 6.54 Å². The number of hydrogen-bond acceptors (Lipinski definition) is 4. The molecule has 0 aromatic heterocycles. The van der Waals surface area contributed by atoms with Crippen molar-refractivity contribution in [3.63, 3.8) is 0 Å². The number of nitrogens with one attached hydrogen (secondary N) is 1. The third-order valence-corrected chi connectivity index (χ3v) is 3.73. The summed E-state index contributed by atoms with van der Waals surface area (Å²) in [5.74, 6) is 0.135. The molecule has 0 amide bonds. The summed E-state index contributed by atoms with van der Waals surface area (Å²) in [6.07, 6.45) is 2.25. The molecule has 5 nitrogen and oxygen atoms in total. The van der Waals surface area contributed by atoms with E-state index in [1.807, 2.05) is 7.05 Å². The van der Waals surface area contributed by atoms with Crippen LogP contribution in [0.15, 0.2) is 18.2 Å². The molecule has 0 aliphatic carbocycles. The zero-order valence-corrected chi connectivity index (χ0v) is 12.9. The normalized spacial score (nSPS) is 19.0. The van der Waals surface area contributed by atoms with Crippen LogP contribution in [0.25, 0.3) is 0 Å². The van der Waals surface area contributed by atoms with Crippen LogP contribution < -0.4 is 5.32 Å². The summed E-state index contributed by atoms with van der Waals surface area (Å²) in [5, 5.41) is 14.2. The maximum Gasteiger partial charge on any atom is 0.274 e. The highest BCUT2D eigenvalue weighted by Gasteiger charge is 2.22. The lowest BCUT2D eigenvalue weighted by Crippen LogP contribution is -2.38. The van der Waals surface area contributed by atoms with E-state index < -0.39 is 10.7 Å². The Bertz CT molecular complexity index is 485. The molecule has 2 rings (SSSR count). The van der Waals surface area contributed by atoms with E-state index in [4.69, 9.17) is 0 Å². The van der Waals surface area contributed by atoms with Crippen molar-refractivity contribution in [3.05, 3.63) is 39.7 Å². The summed E-state index contributed by atoms with van der Waals surface area (Å²) in [6.45, 7) is 3.19. The molecule has 1 fully saturated rings.